The zero-order valence-electron chi connectivity index (χ0n) is 6.79. The van der Waals surface area contributed by atoms with Gasteiger partial charge in [0, 0.05) is 0 Å². The molecule has 11 heavy (non-hydrogen) atoms. The molecule has 0 spiro atoms. The Balaban J connectivity index is 2.60. The van der Waals surface area contributed by atoms with E-state index in [4.69, 9.17) is 4.52 Å². The Kier molecular flexibility index (Phi) is 2.56. The average Bonchev–Trinajstić information content (AvgIpc) is 2.36. The average molecular weight is 157 g/mol. The Morgan fingerprint density at radius 3 is 2.82 bits per heavy atom. The Labute approximate surface area is 64.7 Å². The van der Waals surface area contributed by atoms with Crippen LogP contribution >= 0.6 is 0 Å². The van der Waals surface area contributed by atoms with Gasteiger partial charge in [0.15, 0.2) is 5.82 Å². The molecular weight excluding hydrogens is 146 g/mol. The SMILES string of the molecule is CONC(C)c1nc(C)no1. The quantitative estimate of drug-likeness (QED) is 0.650. The van der Waals surface area contributed by atoms with Crippen LogP contribution < -0.4 is 5.48 Å². The van der Waals surface area contributed by atoms with Crippen LogP contribution in [-0.4, -0.2) is 17.3 Å². The van der Waals surface area contributed by atoms with Gasteiger partial charge in [-0.05, 0) is 13.8 Å². The second-order valence-corrected chi connectivity index (χ2v) is 2.22. The van der Waals surface area contributed by atoms with E-state index in [0.717, 1.165) is 0 Å². The second kappa shape index (κ2) is 3.45. The van der Waals surface area contributed by atoms with Crippen molar-refractivity contribution in [2.45, 2.75) is 19.9 Å². The van der Waals surface area contributed by atoms with E-state index in [1.165, 1.54) is 0 Å². The van der Waals surface area contributed by atoms with Gasteiger partial charge in [0.2, 0.25) is 5.89 Å². The highest BCUT2D eigenvalue weighted by Gasteiger charge is 2.10. The van der Waals surface area contributed by atoms with Crippen LogP contribution in [0.2, 0.25) is 0 Å². The molecule has 0 saturated heterocycles. The standard InChI is InChI=1S/C6H11N3O2/c1-4(8-10-3)6-7-5(2)9-11-6/h4,8H,1-3H3. The van der Waals surface area contributed by atoms with Crippen molar-refractivity contribution >= 4 is 0 Å². The second-order valence-electron chi connectivity index (χ2n) is 2.22. The van der Waals surface area contributed by atoms with Crippen LogP contribution in [0.5, 0.6) is 0 Å². The molecule has 0 fully saturated rings. The third-order valence-corrected chi connectivity index (χ3v) is 1.21. The number of rotatable bonds is 3. The summed E-state index contributed by atoms with van der Waals surface area (Å²) in [6.45, 7) is 3.64. The molecule has 0 aliphatic rings. The van der Waals surface area contributed by atoms with Crippen LogP contribution in [-0.2, 0) is 4.84 Å². The predicted octanol–water partition coefficient (Wildman–Crippen LogP) is 0.590. The van der Waals surface area contributed by atoms with E-state index in [1.54, 1.807) is 14.0 Å². The van der Waals surface area contributed by atoms with E-state index >= 15 is 0 Å². The molecule has 5 heteroatoms. The maximum absolute atomic E-state index is 4.88. The normalized spacial score (nSPS) is 13.4. The van der Waals surface area contributed by atoms with Crippen molar-refractivity contribution in [3.05, 3.63) is 11.7 Å². The van der Waals surface area contributed by atoms with Gasteiger partial charge in [-0.3, -0.25) is 0 Å². The van der Waals surface area contributed by atoms with Gasteiger partial charge in [0.25, 0.3) is 0 Å². The van der Waals surface area contributed by atoms with Crippen molar-refractivity contribution in [2.24, 2.45) is 0 Å². The van der Waals surface area contributed by atoms with Crippen molar-refractivity contribution < 1.29 is 9.36 Å². The van der Waals surface area contributed by atoms with Crippen LogP contribution in [0.4, 0.5) is 0 Å². The first-order chi connectivity index (χ1) is 5.24. The monoisotopic (exact) mass is 157 g/mol. The van der Waals surface area contributed by atoms with Crippen LogP contribution in [0.25, 0.3) is 0 Å². The number of hydrogen-bond acceptors (Lipinski definition) is 5. The molecule has 1 aromatic rings. The molecule has 1 atom stereocenters. The van der Waals surface area contributed by atoms with Crippen LogP contribution in [0.15, 0.2) is 4.52 Å². The summed E-state index contributed by atoms with van der Waals surface area (Å²) >= 11 is 0. The van der Waals surface area contributed by atoms with Crippen molar-refractivity contribution in [1.82, 2.24) is 15.6 Å². The lowest BCUT2D eigenvalue weighted by Gasteiger charge is -2.04. The first-order valence-corrected chi connectivity index (χ1v) is 3.32. The Morgan fingerprint density at radius 2 is 2.36 bits per heavy atom. The lowest BCUT2D eigenvalue weighted by atomic mass is 10.4. The summed E-state index contributed by atoms with van der Waals surface area (Å²) < 4.78 is 4.88. The smallest absolute Gasteiger partial charge is 0.245 e. The van der Waals surface area contributed by atoms with Crippen LogP contribution in [0.3, 0.4) is 0 Å². The Hall–Kier alpha value is -0.940. The molecule has 5 nitrogen and oxygen atoms in total. The minimum Gasteiger partial charge on any atom is -0.338 e. The third-order valence-electron chi connectivity index (χ3n) is 1.21. The fourth-order valence-electron chi connectivity index (χ4n) is 0.716. The summed E-state index contributed by atoms with van der Waals surface area (Å²) in [7, 11) is 1.54. The third kappa shape index (κ3) is 1.99. The summed E-state index contributed by atoms with van der Waals surface area (Å²) in [5.41, 5.74) is 2.68. The summed E-state index contributed by atoms with van der Waals surface area (Å²) in [6.07, 6.45) is 0. The van der Waals surface area contributed by atoms with E-state index in [-0.39, 0.29) is 6.04 Å². The first-order valence-electron chi connectivity index (χ1n) is 3.32. The highest BCUT2D eigenvalue weighted by atomic mass is 16.6. The van der Waals surface area contributed by atoms with Gasteiger partial charge in [-0.2, -0.15) is 10.5 Å². The highest BCUT2D eigenvalue weighted by Crippen LogP contribution is 2.07. The number of aromatic nitrogens is 2. The molecule has 0 radical (unpaired) electrons. The van der Waals surface area contributed by atoms with Crippen molar-refractivity contribution in [3.63, 3.8) is 0 Å². The van der Waals surface area contributed by atoms with E-state index in [2.05, 4.69) is 20.5 Å². The Bertz CT molecular complexity index is 223. The molecule has 0 aliphatic heterocycles. The highest BCUT2D eigenvalue weighted by molar-refractivity contribution is 4.87. The molecule has 1 rings (SSSR count). The van der Waals surface area contributed by atoms with Crippen molar-refractivity contribution in [1.29, 1.82) is 0 Å². The largest absolute Gasteiger partial charge is 0.338 e. The summed E-state index contributed by atoms with van der Waals surface area (Å²) in [4.78, 5) is 8.70. The molecule has 0 aromatic carbocycles. The zero-order valence-corrected chi connectivity index (χ0v) is 6.79. The van der Waals surface area contributed by atoms with Crippen molar-refractivity contribution in [2.75, 3.05) is 7.11 Å². The van der Waals surface area contributed by atoms with E-state index in [1.807, 2.05) is 6.92 Å². The van der Waals surface area contributed by atoms with Gasteiger partial charge >= 0.3 is 0 Å². The Morgan fingerprint density at radius 1 is 1.64 bits per heavy atom. The van der Waals surface area contributed by atoms with Gasteiger partial charge in [0.1, 0.15) is 6.04 Å². The van der Waals surface area contributed by atoms with Crippen LogP contribution in [0, 0.1) is 6.92 Å². The zero-order chi connectivity index (χ0) is 8.27. The van der Waals surface area contributed by atoms with E-state index in [9.17, 15) is 0 Å². The van der Waals surface area contributed by atoms with Gasteiger partial charge in [-0.1, -0.05) is 5.16 Å². The fraction of sp³-hybridized carbons (Fsp3) is 0.667. The van der Waals surface area contributed by atoms with Gasteiger partial charge in [-0.25, -0.2) is 0 Å². The lowest BCUT2D eigenvalue weighted by Crippen LogP contribution is -2.16. The van der Waals surface area contributed by atoms with Crippen molar-refractivity contribution in [3.8, 4) is 0 Å². The number of hydrogen-bond donors (Lipinski definition) is 1. The number of nitrogens with one attached hydrogen (secondary N) is 1. The fourth-order valence-corrected chi connectivity index (χ4v) is 0.716. The lowest BCUT2D eigenvalue weighted by molar-refractivity contribution is 0.0559. The summed E-state index contributed by atoms with van der Waals surface area (Å²) in [5, 5.41) is 3.64. The van der Waals surface area contributed by atoms with Gasteiger partial charge < -0.3 is 9.36 Å². The molecule has 1 N–H and O–H groups in total. The minimum absolute atomic E-state index is 0.0683. The number of hydroxylamine groups is 1. The van der Waals surface area contributed by atoms with Crippen LogP contribution in [0.1, 0.15) is 24.7 Å². The van der Waals surface area contributed by atoms with E-state index < -0.39 is 0 Å². The maximum Gasteiger partial charge on any atom is 0.245 e. The molecular formula is C6H11N3O2. The molecule has 0 saturated carbocycles. The molecule has 1 unspecified atom stereocenters. The summed E-state index contributed by atoms with van der Waals surface area (Å²) in [5.74, 6) is 1.16. The first kappa shape index (κ1) is 8.16. The molecule has 1 heterocycles. The van der Waals surface area contributed by atoms with Gasteiger partial charge in [-0.15, -0.1) is 0 Å². The number of nitrogens with zero attached hydrogens (tertiary/aromatic N) is 2. The predicted molar refractivity (Wildman–Crippen MR) is 37.6 cm³/mol. The molecule has 0 bridgehead atoms. The molecule has 0 aliphatic carbocycles. The maximum atomic E-state index is 4.88. The minimum atomic E-state index is -0.0683. The molecule has 1 aromatic heterocycles. The number of aryl methyl sites for hydroxylation is 1. The van der Waals surface area contributed by atoms with Gasteiger partial charge in [0.05, 0.1) is 7.11 Å². The van der Waals surface area contributed by atoms with E-state index in [0.29, 0.717) is 11.7 Å². The summed E-state index contributed by atoms with van der Waals surface area (Å²) in [6, 6.07) is -0.0683. The topological polar surface area (TPSA) is 60.2 Å². The molecule has 0 amide bonds. The molecule has 62 valence electrons.